The molecule has 1 aromatic heterocycles. The number of carbonyl (C=O) groups is 1. The fourth-order valence-electron chi connectivity index (χ4n) is 3.48. The van der Waals surface area contributed by atoms with Gasteiger partial charge in [0.2, 0.25) is 5.91 Å². The molecule has 146 valence electrons. The van der Waals surface area contributed by atoms with E-state index in [0.29, 0.717) is 6.61 Å². The van der Waals surface area contributed by atoms with Gasteiger partial charge in [-0.05, 0) is 56.9 Å². The zero-order valence-corrected chi connectivity index (χ0v) is 16.3. The Hall–Kier alpha value is -2.82. The lowest BCUT2D eigenvalue weighted by molar-refractivity contribution is -0.123. The van der Waals surface area contributed by atoms with E-state index in [0.717, 1.165) is 54.8 Å². The van der Waals surface area contributed by atoms with E-state index in [2.05, 4.69) is 16.0 Å². The minimum atomic E-state index is -0.0962. The molecule has 0 bridgehead atoms. The number of para-hydroxylation sites is 3. The van der Waals surface area contributed by atoms with E-state index in [-0.39, 0.29) is 17.9 Å². The first-order valence-corrected chi connectivity index (χ1v) is 10.2. The summed E-state index contributed by atoms with van der Waals surface area (Å²) in [6.45, 7) is 3.58. The van der Waals surface area contributed by atoms with Crippen molar-refractivity contribution in [1.82, 2.24) is 14.9 Å². The number of aromatic nitrogens is 2. The molecule has 0 spiro atoms. The molecule has 1 amide bonds. The summed E-state index contributed by atoms with van der Waals surface area (Å²) in [7, 11) is 0. The molecule has 0 aliphatic heterocycles. The van der Waals surface area contributed by atoms with Crippen LogP contribution in [-0.4, -0.2) is 22.1 Å². The Morgan fingerprint density at radius 2 is 1.89 bits per heavy atom. The molecule has 5 heteroatoms. The van der Waals surface area contributed by atoms with Gasteiger partial charge in [-0.3, -0.25) is 4.79 Å². The molecule has 5 nitrogen and oxygen atoms in total. The minimum Gasteiger partial charge on any atom is -0.494 e. The number of rotatable bonds is 9. The Balaban J connectivity index is 1.40. The fourth-order valence-corrected chi connectivity index (χ4v) is 3.48. The predicted molar refractivity (Wildman–Crippen MR) is 110 cm³/mol. The standard InChI is InChI=1S/C23H27N3O2/c1-17(24-23(27)18-13-14-18)22-25-20-11-5-6-12-21(20)26(22)15-7-8-16-28-19-9-3-2-4-10-19/h2-6,9-12,17-18H,7-8,13-16H2,1H3,(H,24,27). The van der Waals surface area contributed by atoms with E-state index in [1.54, 1.807) is 0 Å². The summed E-state index contributed by atoms with van der Waals surface area (Å²) in [6, 6.07) is 18.0. The molecule has 1 aliphatic carbocycles. The van der Waals surface area contributed by atoms with Crippen LogP contribution in [0.1, 0.15) is 44.5 Å². The quantitative estimate of drug-likeness (QED) is 0.559. The minimum absolute atomic E-state index is 0.0962. The number of ether oxygens (including phenoxy) is 1. The van der Waals surface area contributed by atoms with Gasteiger partial charge in [0.15, 0.2) is 0 Å². The molecule has 1 fully saturated rings. The van der Waals surface area contributed by atoms with Crippen LogP contribution < -0.4 is 10.1 Å². The number of nitrogens with one attached hydrogen (secondary N) is 1. The summed E-state index contributed by atoms with van der Waals surface area (Å²) in [4.78, 5) is 17.0. The maximum absolute atomic E-state index is 12.2. The molecule has 1 aliphatic rings. The Bertz CT molecular complexity index is 931. The van der Waals surface area contributed by atoms with Crippen molar-refractivity contribution in [2.24, 2.45) is 5.92 Å². The first-order valence-electron chi connectivity index (χ1n) is 10.2. The third-order valence-corrected chi connectivity index (χ3v) is 5.17. The van der Waals surface area contributed by atoms with E-state index in [9.17, 15) is 4.79 Å². The second-order valence-corrected chi connectivity index (χ2v) is 7.48. The molecule has 4 rings (SSSR count). The van der Waals surface area contributed by atoms with Gasteiger partial charge in [0.05, 0.1) is 23.7 Å². The summed E-state index contributed by atoms with van der Waals surface area (Å²) < 4.78 is 8.04. The van der Waals surface area contributed by atoms with Crippen LogP contribution in [0, 0.1) is 5.92 Å². The van der Waals surface area contributed by atoms with Gasteiger partial charge in [0.25, 0.3) is 0 Å². The molecule has 1 saturated carbocycles. The molecule has 3 aromatic rings. The van der Waals surface area contributed by atoms with Crippen molar-refractivity contribution in [2.75, 3.05) is 6.61 Å². The molecule has 0 radical (unpaired) electrons. The fraction of sp³-hybridized carbons (Fsp3) is 0.391. The second-order valence-electron chi connectivity index (χ2n) is 7.48. The van der Waals surface area contributed by atoms with Crippen LogP contribution in [0.4, 0.5) is 0 Å². The second kappa shape index (κ2) is 8.46. The lowest BCUT2D eigenvalue weighted by atomic mass is 10.2. The van der Waals surface area contributed by atoms with Gasteiger partial charge in [0.1, 0.15) is 11.6 Å². The summed E-state index contributed by atoms with van der Waals surface area (Å²) in [6.07, 6.45) is 3.97. The van der Waals surface area contributed by atoms with Crippen LogP contribution in [0.3, 0.4) is 0 Å². The van der Waals surface area contributed by atoms with Crippen molar-refractivity contribution in [3.8, 4) is 5.75 Å². The number of fused-ring (bicyclic) bond motifs is 1. The van der Waals surface area contributed by atoms with Gasteiger partial charge in [0, 0.05) is 12.5 Å². The number of carbonyl (C=O) groups excluding carboxylic acids is 1. The summed E-state index contributed by atoms with van der Waals surface area (Å²) in [5, 5.41) is 3.14. The number of aryl methyl sites for hydroxylation is 1. The zero-order chi connectivity index (χ0) is 19.3. The van der Waals surface area contributed by atoms with Gasteiger partial charge in [-0.25, -0.2) is 4.98 Å². The molecule has 1 atom stereocenters. The number of nitrogens with zero attached hydrogens (tertiary/aromatic N) is 2. The first-order chi connectivity index (χ1) is 13.7. The van der Waals surface area contributed by atoms with Crippen molar-refractivity contribution in [1.29, 1.82) is 0 Å². The Morgan fingerprint density at radius 3 is 2.68 bits per heavy atom. The number of unbranched alkanes of at least 4 members (excludes halogenated alkanes) is 1. The largest absolute Gasteiger partial charge is 0.494 e. The van der Waals surface area contributed by atoms with Crippen LogP contribution in [0.25, 0.3) is 11.0 Å². The number of hydrogen-bond acceptors (Lipinski definition) is 3. The number of imidazole rings is 1. The van der Waals surface area contributed by atoms with E-state index in [1.165, 1.54) is 0 Å². The number of amides is 1. The average molecular weight is 377 g/mol. The normalized spacial score (nSPS) is 14.8. The third kappa shape index (κ3) is 4.35. The van der Waals surface area contributed by atoms with Gasteiger partial charge in [-0.2, -0.15) is 0 Å². The highest BCUT2D eigenvalue weighted by atomic mass is 16.5. The van der Waals surface area contributed by atoms with Gasteiger partial charge >= 0.3 is 0 Å². The monoisotopic (exact) mass is 377 g/mol. The Kier molecular flexibility index (Phi) is 5.60. The highest BCUT2D eigenvalue weighted by Gasteiger charge is 2.31. The van der Waals surface area contributed by atoms with Crippen molar-refractivity contribution < 1.29 is 9.53 Å². The maximum Gasteiger partial charge on any atom is 0.223 e. The molecule has 28 heavy (non-hydrogen) atoms. The lowest BCUT2D eigenvalue weighted by Gasteiger charge is -2.16. The Morgan fingerprint density at radius 1 is 1.14 bits per heavy atom. The molecule has 1 heterocycles. The van der Waals surface area contributed by atoms with Crippen molar-refractivity contribution >= 4 is 16.9 Å². The smallest absolute Gasteiger partial charge is 0.223 e. The summed E-state index contributed by atoms with van der Waals surface area (Å²) in [5.74, 6) is 2.20. The van der Waals surface area contributed by atoms with E-state index >= 15 is 0 Å². The van der Waals surface area contributed by atoms with Crippen LogP contribution in [-0.2, 0) is 11.3 Å². The summed E-state index contributed by atoms with van der Waals surface area (Å²) >= 11 is 0. The van der Waals surface area contributed by atoms with Crippen molar-refractivity contribution in [3.63, 3.8) is 0 Å². The van der Waals surface area contributed by atoms with Gasteiger partial charge in [-0.15, -0.1) is 0 Å². The number of benzene rings is 2. The topological polar surface area (TPSA) is 56.2 Å². The number of hydrogen-bond donors (Lipinski definition) is 1. The molecule has 2 aromatic carbocycles. The van der Waals surface area contributed by atoms with Crippen molar-refractivity contribution in [3.05, 3.63) is 60.4 Å². The summed E-state index contributed by atoms with van der Waals surface area (Å²) in [5.41, 5.74) is 2.10. The maximum atomic E-state index is 12.2. The molecular formula is C23H27N3O2. The van der Waals surface area contributed by atoms with Crippen LogP contribution in [0.15, 0.2) is 54.6 Å². The molecule has 0 saturated heterocycles. The molecule has 1 unspecified atom stereocenters. The Labute approximate surface area is 165 Å². The molecule has 1 N–H and O–H groups in total. The highest BCUT2D eigenvalue weighted by Crippen LogP contribution is 2.30. The van der Waals surface area contributed by atoms with Crippen molar-refractivity contribution in [2.45, 2.75) is 45.2 Å². The lowest BCUT2D eigenvalue weighted by Crippen LogP contribution is -2.29. The van der Waals surface area contributed by atoms with Crippen LogP contribution in [0.2, 0.25) is 0 Å². The van der Waals surface area contributed by atoms with E-state index in [1.807, 2.05) is 55.5 Å². The highest BCUT2D eigenvalue weighted by molar-refractivity contribution is 5.81. The van der Waals surface area contributed by atoms with Crippen LogP contribution >= 0.6 is 0 Å². The third-order valence-electron chi connectivity index (χ3n) is 5.17. The predicted octanol–water partition coefficient (Wildman–Crippen LogP) is 4.48. The van der Waals surface area contributed by atoms with E-state index in [4.69, 9.17) is 9.72 Å². The zero-order valence-electron chi connectivity index (χ0n) is 16.3. The van der Waals surface area contributed by atoms with Crippen LogP contribution in [0.5, 0.6) is 5.75 Å². The van der Waals surface area contributed by atoms with Gasteiger partial charge < -0.3 is 14.6 Å². The average Bonchev–Trinajstić information content (AvgIpc) is 3.50. The molecular weight excluding hydrogens is 350 g/mol. The first kappa shape index (κ1) is 18.5. The van der Waals surface area contributed by atoms with E-state index < -0.39 is 0 Å². The van der Waals surface area contributed by atoms with Gasteiger partial charge in [-0.1, -0.05) is 30.3 Å². The SMILES string of the molecule is CC(NC(=O)C1CC1)c1nc2ccccc2n1CCCCOc1ccccc1.